The number of ether oxygens (including phenoxy) is 1. The van der Waals surface area contributed by atoms with E-state index in [1.165, 1.54) is 10.9 Å². The molecule has 0 bridgehead atoms. The number of amides is 1. The molecule has 0 aliphatic rings. The molecule has 0 saturated heterocycles. The highest BCUT2D eigenvalue weighted by molar-refractivity contribution is 5.91. The first-order valence-electron chi connectivity index (χ1n) is 5.70. The molecule has 1 amide bonds. The summed E-state index contributed by atoms with van der Waals surface area (Å²) in [5, 5.41) is 7.66. The normalized spacial score (nSPS) is 10.4. The summed E-state index contributed by atoms with van der Waals surface area (Å²) in [6.07, 6.45) is 1.53. The van der Waals surface area contributed by atoms with Crippen molar-refractivity contribution >= 4 is 5.91 Å². The van der Waals surface area contributed by atoms with E-state index >= 15 is 0 Å². The van der Waals surface area contributed by atoms with Crippen LogP contribution >= 0.6 is 0 Å². The van der Waals surface area contributed by atoms with Gasteiger partial charge in [0.05, 0.1) is 25.1 Å². The van der Waals surface area contributed by atoms with E-state index in [0.717, 1.165) is 5.69 Å². The minimum Gasteiger partial charge on any atom is -0.382 e. The van der Waals surface area contributed by atoms with Crippen molar-refractivity contribution in [1.29, 1.82) is 0 Å². The lowest BCUT2D eigenvalue weighted by molar-refractivity contribution is 0.00857. The van der Waals surface area contributed by atoms with Crippen LogP contribution < -0.4 is 5.48 Å². The van der Waals surface area contributed by atoms with Crippen molar-refractivity contribution in [3.05, 3.63) is 42.2 Å². The van der Waals surface area contributed by atoms with E-state index in [9.17, 15) is 4.79 Å². The van der Waals surface area contributed by atoms with E-state index in [4.69, 9.17) is 9.57 Å². The Morgan fingerprint density at radius 2 is 2.11 bits per heavy atom. The molecule has 0 radical (unpaired) electrons. The number of methoxy groups -OCH3 is 1. The van der Waals surface area contributed by atoms with E-state index in [1.54, 1.807) is 7.11 Å². The van der Waals surface area contributed by atoms with Crippen LogP contribution in [0.2, 0.25) is 0 Å². The van der Waals surface area contributed by atoms with Gasteiger partial charge in [-0.2, -0.15) is 0 Å². The van der Waals surface area contributed by atoms with E-state index in [-0.39, 0.29) is 12.3 Å². The van der Waals surface area contributed by atoms with Crippen molar-refractivity contribution in [1.82, 2.24) is 20.5 Å². The number of hydroxylamine groups is 1. The lowest BCUT2D eigenvalue weighted by Crippen LogP contribution is -2.25. The van der Waals surface area contributed by atoms with Gasteiger partial charge < -0.3 is 4.74 Å². The van der Waals surface area contributed by atoms with E-state index in [1.807, 2.05) is 30.3 Å². The molecular formula is C12H14N4O3. The highest BCUT2D eigenvalue weighted by Gasteiger charge is 2.11. The molecule has 7 nitrogen and oxygen atoms in total. The topological polar surface area (TPSA) is 78.3 Å². The fourth-order valence-electron chi connectivity index (χ4n) is 1.37. The lowest BCUT2D eigenvalue weighted by atomic mass is 10.3. The Morgan fingerprint density at radius 3 is 2.84 bits per heavy atom. The van der Waals surface area contributed by atoms with Crippen molar-refractivity contribution in [2.75, 3.05) is 20.3 Å². The first-order valence-corrected chi connectivity index (χ1v) is 5.70. The Balaban J connectivity index is 1.95. The number of para-hydroxylation sites is 1. The van der Waals surface area contributed by atoms with Gasteiger partial charge in [-0.05, 0) is 12.1 Å². The number of hydrogen-bond donors (Lipinski definition) is 1. The molecule has 19 heavy (non-hydrogen) atoms. The molecule has 1 heterocycles. The fraction of sp³-hybridized carbons (Fsp3) is 0.250. The maximum atomic E-state index is 11.7. The molecular weight excluding hydrogens is 248 g/mol. The number of carbonyl (C=O) groups excluding carboxylic acids is 1. The molecule has 2 aromatic rings. The molecule has 7 heteroatoms. The van der Waals surface area contributed by atoms with Gasteiger partial charge in [-0.1, -0.05) is 23.4 Å². The highest BCUT2D eigenvalue weighted by atomic mass is 16.7. The van der Waals surface area contributed by atoms with Crippen LogP contribution in [0.15, 0.2) is 36.5 Å². The molecule has 100 valence electrons. The lowest BCUT2D eigenvalue weighted by Gasteiger charge is -2.02. The van der Waals surface area contributed by atoms with Gasteiger partial charge in [-0.3, -0.25) is 9.63 Å². The number of aromatic nitrogens is 3. The van der Waals surface area contributed by atoms with Crippen molar-refractivity contribution in [2.24, 2.45) is 0 Å². The molecule has 1 N–H and O–H groups in total. The first-order chi connectivity index (χ1) is 9.31. The molecule has 1 aromatic carbocycles. The van der Waals surface area contributed by atoms with Crippen molar-refractivity contribution < 1.29 is 14.4 Å². The second-order valence-electron chi connectivity index (χ2n) is 3.66. The monoisotopic (exact) mass is 262 g/mol. The van der Waals surface area contributed by atoms with Gasteiger partial charge in [0.2, 0.25) is 0 Å². The smallest absolute Gasteiger partial charge is 0.297 e. The molecule has 1 aromatic heterocycles. The number of nitrogens with zero attached hydrogens (tertiary/aromatic N) is 3. The maximum Gasteiger partial charge on any atom is 0.297 e. The van der Waals surface area contributed by atoms with Crippen molar-refractivity contribution in [3.8, 4) is 5.69 Å². The van der Waals surface area contributed by atoms with Crippen LogP contribution in [0, 0.1) is 0 Å². The summed E-state index contributed by atoms with van der Waals surface area (Å²) in [7, 11) is 1.55. The fourth-order valence-corrected chi connectivity index (χ4v) is 1.37. The number of benzene rings is 1. The number of rotatable bonds is 6. The molecule has 2 rings (SSSR count). The average Bonchev–Trinajstić information content (AvgIpc) is 2.94. The Bertz CT molecular complexity index is 527. The molecule has 0 aliphatic carbocycles. The van der Waals surface area contributed by atoms with Crippen molar-refractivity contribution in [3.63, 3.8) is 0 Å². The minimum absolute atomic E-state index is 0.182. The maximum absolute atomic E-state index is 11.7. The van der Waals surface area contributed by atoms with Crippen LogP contribution in [-0.2, 0) is 9.57 Å². The molecule has 0 fully saturated rings. The Morgan fingerprint density at radius 1 is 1.32 bits per heavy atom. The summed E-state index contributed by atoms with van der Waals surface area (Å²) in [5.41, 5.74) is 3.27. The third kappa shape index (κ3) is 3.60. The van der Waals surface area contributed by atoms with Crippen LogP contribution in [0.5, 0.6) is 0 Å². The van der Waals surface area contributed by atoms with Gasteiger partial charge in [0.25, 0.3) is 5.91 Å². The number of nitrogens with one attached hydrogen (secondary N) is 1. The summed E-state index contributed by atoms with van der Waals surface area (Å²) < 4.78 is 6.30. The van der Waals surface area contributed by atoms with Crippen LogP contribution in [0.1, 0.15) is 10.5 Å². The molecule has 0 aliphatic heterocycles. The van der Waals surface area contributed by atoms with Gasteiger partial charge in [0.1, 0.15) is 0 Å². The quantitative estimate of drug-likeness (QED) is 0.608. The first kappa shape index (κ1) is 13.2. The predicted octanol–water partition coefficient (Wildman–Crippen LogP) is 0.575. The van der Waals surface area contributed by atoms with E-state index in [2.05, 4.69) is 15.8 Å². The summed E-state index contributed by atoms with van der Waals surface area (Å²) in [5.74, 6) is -0.446. The van der Waals surface area contributed by atoms with E-state index < -0.39 is 5.91 Å². The predicted molar refractivity (Wildman–Crippen MR) is 66.7 cm³/mol. The molecule has 0 spiro atoms. The average molecular weight is 262 g/mol. The van der Waals surface area contributed by atoms with Crippen LogP contribution in [0.3, 0.4) is 0 Å². The molecule has 0 unspecified atom stereocenters. The van der Waals surface area contributed by atoms with Gasteiger partial charge in [0, 0.05) is 7.11 Å². The van der Waals surface area contributed by atoms with Gasteiger partial charge in [-0.25, -0.2) is 10.2 Å². The summed E-state index contributed by atoms with van der Waals surface area (Å²) in [4.78, 5) is 16.6. The summed E-state index contributed by atoms with van der Waals surface area (Å²) >= 11 is 0. The summed E-state index contributed by atoms with van der Waals surface area (Å²) in [6, 6.07) is 9.39. The largest absolute Gasteiger partial charge is 0.382 e. The molecule has 0 atom stereocenters. The number of carbonyl (C=O) groups is 1. The van der Waals surface area contributed by atoms with Crippen molar-refractivity contribution in [2.45, 2.75) is 0 Å². The minimum atomic E-state index is -0.446. The Hall–Kier alpha value is -2.25. The third-order valence-corrected chi connectivity index (χ3v) is 2.30. The van der Waals surface area contributed by atoms with Gasteiger partial charge in [-0.15, -0.1) is 5.10 Å². The van der Waals surface area contributed by atoms with Gasteiger partial charge >= 0.3 is 0 Å². The van der Waals surface area contributed by atoms with E-state index in [0.29, 0.717) is 6.61 Å². The number of hydrogen-bond acceptors (Lipinski definition) is 5. The van der Waals surface area contributed by atoms with Crippen LogP contribution in [-0.4, -0.2) is 41.2 Å². The standard InChI is InChI=1S/C12H14N4O3/c1-18-7-8-19-14-12(17)11-9-16(15-13-11)10-5-3-2-4-6-10/h2-6,9H,7-8H2,1H3,(H,14,17). The Kier molecular flexibility index (Phi) is 4.60. The van der Waals surface area contributed by atoms with Crippen LogP contribution in [0.25, 0.3) is 5.69 Å². The van der Waals surface area contributed by atoms with Crippen LogP contribution in [0.4, 0.5) is 0 Å². The second kappa shape index (κ2) is 6.62. The highest BCUT2D eigenvalue weighted by Crippen LogP contribution is 2.05. The second-order valence-corrected chi connectivity index (χ2v) is 3.66. The molecule has 0 saturated carbocycles. The van der Waals surface area contributed by atoms with Gasteiger partial charge in [0.15, 0.2) is 5.69 Å². The zero-order valence-electron chi connectivity index (χ0n) is 10.4. The summed E-state index contributed by atoms with van der Waals surface area (Å²) in [6.45, 7) is 0.673. The third-order valence-electron chi connectivity index (χ3n) is 2.30. The zero-order valence-corrected chi connectivity index (χ0v) is 10.4. The Labute approximate surface area is 110 Å². The SMILES string of the molecule is COCCONC(=O)c1cn(-c2ccccc2)nn1. The zero-order chi connectivity index (χ0) is 13.5.